The first-order valence-corrected chi connectivity index (χ1v) is 10.4. The Balaban J connectivity index is 2.06. The minimum Gasteiger partial charge on any atom is -0.212 e. The third-order valence-corrected chi connectivity index (χ3v) is 7.91. The van der Waals surface area contributed by atoms with E-state index in [1.807, 2.05) is 0 Å². The van der Waals surface area contributed by atoms with Crippen LogP contribution in [0.5, 0.6) is 0 Å². The summed E-state index contributed by atoms with van der Waals surface area (Å²) in [5.74, 6) is 0.121. The van der Waals surface area contributed by atoms with Crippen LogP contribution in [0.2, 0.25) is 5.02 Å². The first kappa shape index (κ1) is 17.2. The number of benzene rings is 1. The zero-order valence-electron chi connectivity index (χ0n) is 10.9. The van der Waals surface area contributed by atoms with Crippen LogP contribution in [-0.4, -0.2) is 46.5 Å². The summed E-state index contributed by atoms with van der Waals surface area (Å²) in [5, 5.41) is 0.102. The molecule has 21 heavy (non-hydrogen) atoms. The second-order valence-electron chi connectivity index (χ2n) is 4.52. The first-order chi connectivity index (χ1) is 9.74. The lowest BCUT2D eigenvalue weighted by molar-refractivity contribution is 0.444. The number of hydrogen-bond donors (Lipinski definition) is 1. The molecule has 10 heteroatoms. The van der Waals surface area contributed by atoms with Crippen LogP contribution >= 0.6 is 27.5 Å². The molecule has 0 saturated carbocycles. The molecule has 1 fully saturated rings. The number of halogens is 2. The SMILES string of the molecule is O=S(=O)(NCCN1CCCS1(=O)=O)c1c(Cl)cccc1Br. The maximum atomic E-state index is 12.2. The summed E-state index contributed by atoms with van der Waals surface area (Å²) in [6.45, 7) is 0.544. The van der Waals surface area contributed by atoms with Gasteiger partial charge >= 0.3 is 0 Å². The van der Waals surface area contributed by atoms with Crippen molar-refractivity contribution in [1.29, 1.82) is 0 Å². The summed E-state index contributed by atoms with van der Waals surface area (Å²) >= 11 is 9.06. The second kappa shape index (κ2) is 6.51. The van der Waals surface area contributed by atoms with Crippen molar-refractivity contribution in [3.63, 3.8) is 0 Å². The molecule has 1 aromatic carbocycles. The number of nitrogens with one attached hydrogen (secondary N) is 1. The van der Waals surface area contributed by atoms with Gasteiger partial charge in [-0.1, -0.05) is 17.7 Å². The predicted molar refractivity (Wildman–Crippen MR) is 84.3 cm³/mol. The molecule has 0 bridgehead atoms. The van der Waals surface area contributed by atoms with Gasteiger partial charge < -0.3 is 0 Å². The van der Waals surface area contributed by atoms with Crippen molar-refractivity contribution in [2.75, 3.05) is 25.4 Å². The fourth-order valence-electron chi connectivity index (χ4n) is 2.06. The van der Waals surface area contributed by atoms with Gasteiger partial charge in [0, 0.05) is 24.1 Å². The maximum absolute atomic E-state index is 12.2. The topological polar surface area (TPSA) is 83.6 Å². The highest BCUT2D eigenvalue weighted by Crippen LogP contribution is 2.28. The highest BCUT2D eigenvalue weighted by molar-refractivity contribution is 9.10. The summed E-state index contributed by atoms with van der Waals surface area (Å²) in [6.07, 6.45) is 0.575. The van der Waals surface area contributed by atoms with E-state index in [2.05, 4.69) is 20.7 Å². The first-order valence-electron chi connectivity index (χ1n) is 6.15. The van der Waals surface area contributed by atoms with Crippen molar-refractivity contribution in [2.45, 2.75) is 11.3 Å². The van der Waals surface area contributed by atoms with Crippen LogP contribution in [0.25, 0.3) is 0 Å². The molecule has 1 aliphatic heterocycles. The molecule has 118 valence electrons. The van der Waals surface area contributed by atoms with E-state index in [0.717, 1.165) is 0 Å². The van der Waals surface area contributed by atoms with Gasteiger partial charge in [0.05, 0.1) is 10.8 Å². The average Bonchev–Trinajstić information content (AvgIpc) is 2.68. The average molecular weight is 418 g/mol. The molecule has 1 saturated heterocycles. The van der Waals surface area contributed by atoms with E-state index in [1.54, 1.807) is 12.1 Å². The molecule has 0 aromatic heterocycles. The molecule has 1 N–H and O–H groups in total. The van der Waals surface area contributed by atoms with E-state index < -0.39 is 20.0 Å². The van der Waals surface area contributed by atoms with Crippen LogP contribution in [-0.2, 0) is 20.0 Å². The molecule has 0 aliphatic carbocycles. The summed E-state index contributed by atoms with van der Waals surface area (Å²) in [4.78, 5) is -0.0454. The third-order valence-electron chi connectivity index (χ3n) is 3.04. The fourth-order valence-corrected chi connectivity index (χ4v) is 6.34. The maximum Gasteiger partial charge on any atom is 0.243 e. The summed E-state index contributed by atoms with van der Waals surface area (Å²) in [7, 11) is -7.02. The van der Waals surface area contributed by atoms with E-state index in [0.29, 0.717) is 17.4 Å². The zero-order chi connectivity index (χ0) is 15.7. The minimum absolute atomic E-state index is 0.000767. The third kappa shape index (κ3) is 3.96. The monoisotopic (exact) mass is 416 g/mol. The lowest BCUT2D eigenvalue weighted by Gasteiger charge is -2.15. The molecule has 0 unspecified atom stereocenters. The Morgan fingerprint density at radius 1 is 1.38 bits per heavy atom. The molecule has 1 heterocycles. The molecule has 6 nitrogen and oxygen atoms in total. The van der Waals surface area contributed by atoms with Crippen molar-refractivity contribution in [1.82, 2.24) is 9.03 Å². The molecule has 1 aromatic rings. The summed E-state index contributed by atoms with van der Waals surface area (Å²) in [6, 6.07) is 4.68. The normalized spacial score (nSPS) is 19.0. The van der Waals surface area contributed by atoms with Crippen molar-refractivity contribution < 1.29 is 16.8 Å². The Kier molecular flexibility index (Phi) is 5.32. The van der Waals surface area contributed by atoms with Crippen LogP contribution in [0.1, 0.15) is 6.42 Å². The molecule has 2 rings (SSSR count). The largest absolute Gasteiger partial charge is 0.243 e. The van der Waals surface area contributed by atoms with Crippen LogP contribution in [0, 0.1) is 0 Å². The Bertz CT molecular complexity index is 716. The van der Waals surface area contributed by atoms with Gasteiger partial charge in [0.1, 0.15) is 4.90 Å². The van der Waals surface area contributed by atoms with Crippen molar-refractivity contribution in [3.8, 4) is 0 Å². The van der Waals surface area contributed by atoms with Crippen molar-refractivity contribution in [3.05, 3.63) is 27.7 Å². The van der Waals surface area contributed by atoms with Gasteiger partial charge in [-0.2, -0.15) is 0 Å². The highest BCUT2D eigenvalue weighted by Gasteiger charge is 2.28. The van der Waals surface area contributed by atoms with Gasteiger partial charge in [0.25, 0.3) is 0 Å². The van der Waals surface area contributed by atoms with E-state index in [1.165, 1.54) is 10.4 Å². The quantitative estimate of drug-likeness (QED) is 0.785. The van der Waals surface area contributed by atoms with Gasteiger partial charge in [-0.3, -0.25) is 0 Å². The van der Waals surface area contributed by atoms with E-state index in [-0.39, 0.29) is 28.8 Å². The second-order valence-corrected chi connectivity index (χ2v) is 9.57. The van der Waals surface area contributed by atoms with Crippen LogP contribution in [0.3, 0.4) is 0 Å². The van der Waals surface area contributed by atoms with Crippen LogP contribution < -0.4 is 4.72 Å². The van der Waals surface area contributed by atoms with Gasteiger partial charge in [-0.15, -0.1) is 0 Å². The van der Waals surface area contributed by atoms with Crippen LogP contribution in [0.4, 0.5) is 0 Å². The number of rotatable bonds is 5. The Morgan fingerprint density at radius 3 is 2.67 bits per heavy atom. The lowest BCUT2D eigenvalue weighted by Crippen LogP contribution is -2.36. The van der Waals surface area contributed by atoms with Crippen molar-refractivity contribution >= 4 is 47.6 Å². The van der Waals surface area contributed by atoms with Gasteiger partial charge in [-0.25, -0.2) is 25.9 Å². The minimum atomic E-state index is -3.80. The van der Waals surface area contributed by atoms with Crippen molar-refractivity contribution in [2.24, 2.45) is 0 Å². The fraction of sp³-hybridized carbons (Fsp3) is 0.455. The standard InChI is InChI=1S/C11H14BrClN2O4S2/c12-9-3-1-4-10(13)11(9)21(18,19)14-5-7-15-6-2-8-20(15,16)17/h1,3-4,14H,2,5-8H2. The Morgan fingerprint density at radius 2 is 2.10 bits per heavy atom. The lowest BCUT2D eigenvalue weighted by atomic mass is 10.4. The molecule has 0 spiro atoms. The molecule has 1 aliphatic rings. The van der Waals surface area contributed by atoms with Gasteiger partial charge in [-0.05, 0) is 34.5 Å². The molecular formula is C11H14BrClN2O4S2. The zero-order valence-corrected chi connectivity index (χ0v) is 14.9. The number of nitrogens with zero attached hydrogens (tertiary/aromatic N) is 1. The summed E-state index contributed by atoms with van der Waals surface area (Å²) < 4.78 is 51.7. The molecule has 0 atom stereocenters. The van der Waals surface area contributed by atoms with Crippen LogP contribution in [0.15, 0.2) is 27.6 Å². The van der Waals surface area contributed by atoms with Gasteiger partial charge in [0.2, 0.25) is 20.0 Å². The molecular weight excluding hydrogens is 404 g/mol. The van der Waals surface area contributed by atoms with E-state index >= 15 is 0 Å². The Labute approximate surface area is 137 Å². The number of sulfonamides is 2. The molecule has 0 radical (unpaired) electrons. The molecule has 0 amide bonds. The van der Waals surface area contributed by atoms with Gasteiger partial charge in [0.15, 0.2) is 0 Å². The smallest absolute Gasteiger partial charge is 0.212 e. The van der Waals surface area contributed by atoms with E-state index in [4.69, 9.17) is 11.6 Å². The summed E-state index contributed by atoms with van der Waals surface area (Å²) in [5.41, 5.74) is 0. The Hall–Kier alpha value is -0.190. The highest BCUT2D eigenvalue weighted by atomic mass is 79.9. The van der Waals surface area contributed by atoms with E-state index in [9.17, 15) is 16.8 Å². The number of hydrogen-bond acceptors (Lipinski definition) is 4. The predicted octanol–water partition coefficient (Wildman–Crippen LogP) is 1.42.